The number of hydrogen-bond acceptors (Lipinski definition) is 4. The molecule has 2 heterocycles. The van der Waals surface area contributed by atoms with Crippen LogP contribution in [0.4, 0.5) is 0 Å². The minimum atomic E-state index is 0. The Labute approximate surface area is 137 Å². The molecule has 0 aliphatic carbocycles. The zero-order valence-electron chi connectivity index (χ0n) is 12.1. The van der Waals surface area contributed by atoms with Crippen LogP contribution in [0, 0.1) is 0 Å². The van der Waals surface area contributed by atoms with Gasteiger partial charge in [-0.15, -0.1) is 36.2 Å². The predicted molar refractivity (Wildman–Crippen MR) is 88.2 cm³/mol. The third-order valence-corrected chi connectivity index (χ3v) is 4.42. The highest BCUT2D eigenvalue weighted by molar-refractivity contribution is 7.09. The summed E-state index contributed by atoms with van der Waals surface area (Å²) in [5.41, 5.74) is 6.75. The lowest BCUT2D eigenvalue weighted by Crippen LogP contribution is -2.33. The van der Waals surface area contributed by atoms with E-state index in [1.54, 1.807) is 11.3 Å². The van der Waals surface area contributed by atoms with Crippen molar-refractivity contribution >= 4 is 42.1 Å². The maximum atomic E-state index is 12.1. The van der Waals surface area contributed by atoms with Crippen molar-refractivity contribution in [2.24, 2.45) is 5.73 Å². The normalized spacial score (nSPS) is 18.4. The second-order valence-corrected chi connectivity index (χ2v) is 6.82. The molecule has 0 saturated carbocycles. The Bertz CT molecular complexity index is 445. The van der Waals surface area contributed by atoms with E-state index in [0.717, 1.165) is 23.7 Å². The lowest BCUT2D eigenvalue weighted by molar-refractivity contribution is -0.129. The monoisotopic (exact) mass is 339 g/mol. The van der Waals surface area contributed by atoms with Crippen LogP contribution in [0.2, 0.25) is 0 Å². The third-order valence-electron chi connectivity index (χ3n) is 3.10. The Balaban J connectivity index is 0.00000180. The molecule has 4 nitrogen and oxygen atoms in total. The minimum Gasteiger partial charge on any atom is -0.341 e. The molecule has 1 aliphatic rings. The first-order valence-electron chi connectivity index (χ1n) is 6.34. The number of rotatable bonds is 2. The molecule has 0 spiro atoms. The molecule has 1 fully saturated rings. The largest absolute Gasteiger partial charge is 0.341 e. The summed E-state index contributed by atoms with van der Waals surface area (Å²) in [4.78, 5) is 18.5. The Morgan fingerprint density at radius 2 is 2.15 bits per heavy atom. The summed E-state index contributed by atoms with van der Waals surface area (Å²) in [5, 5.41) is 3.08. The molecule has 0 unspecified atom stereocenters. The van der Waals surface area contributed by atoms with Crippen LogP contribution < -0.4 is 5.73 Å². The second-order valence-electron chi connectivity index (χ2n) is 5.96. The highest BCUT2D eigenvalue weighted by atomic mass is 35.5. The van der Waals surface area contributed by atoms with Crippen LogP contribution in [0.15, 0.2) is 5.38 Å². The van der Waals surface area contributed by atoms with Crippen LogP contribution >= 0.6 is 36.2 Å². The van der Waals surface area contributed by atoms with Crippen LogP contribution in [0.25, 0.3) is 0 Å². The van der Waals surface area contributed by atoms with E-state index in [4.69, 9.17) is 5.73 Å². The van der Waals surface area contributed by atoms with Gasteiger partial charge in [0.25, 0.3) is 0 Å². The van der Waals surface area contributed by atoms with Gasteiger partial charge in [0.1, 0.15) is 0 Å². The number of carbonyl (C=O) groups is 1. The van der Waals surface area contributed by atoms with Gasteiger partial charge < -0.3 is 10.6 Å². The fraction of sp³-hybridized carbons (Fsp3) is 0.692. The first-order valence-corrected chi connectivity index (χ1v) is 7.22. The van der Waals surface area contributed by atoms with Crippen molar-refractivity contribution in [3.05, 3.63) is 16.1 Å². The average molecular weight is 340 g/mol. The standard InChI is InChI=1S/C13H21N3OS.2ClH/c1-13(2,3)12-15-10(8-18-12)6-11(17)16-5-4-9(14)7-16;;/h8-9H,4-7,14H2,1-3H3;2*1H/t9-;;/m1../s1. The van der Waals surface area contributed by atoms with Gasteiger partial charge >= 0.3 is 0 Å². The maximum absolute atomic E-state index is 12.1. The van der Waals surface area contributed by atoms with E-state index in [1.807, 2.05) is 10.3 Å². The Morgan fingerprint density at radius 1 is 1.50 bits per heavy atom. The first kappa shape index (κ1) is 19.6. The van der Waals surface area contributed by atoms with E-state index < -0.39 is 0 Å². The van der Waals surface area contributed by atoms with Crippen molar-refractivity contribution in [1.82, 2.24) is 9.88 Å². The van der Waals surface area contributed by atoms with Crippen molar-refractivity contribution in [2.45, 2.75) is 45.1 Å². The van der Waals surface area contributed by atoms with Crippen molar-refractivity contribution in [1.29, 1.82) is 0 Å². The molecule has 1 saturated heterocycles. The van der Waals surface area contributed by atoms with Crippen LogP contribution in [-0.4, -0.2) is 34.9 Å². The molecule has 7 heteroatoms. The molecule has 0 bridgehead atoms. The van der Waals surface area contributed by atoms with Crippen LogP contribution in [0.5, 0.6) is 0 Å². The van der Waals surface area contributed by atoms with E-state index >= 15 is 0 Å². The van der Waals surface area contributed by atoms with Gasteiger partial charge in [-0.2, -0.15) is 0 Å². The molecule has 1 atom stereocenters. The molecule has 1 aromatic rings. The van der Waals surface area contributed by atoms with Crippen molar-refractivity contribution < 1.29 is 4.79 Å². The predicted octanol–water partition coefficient (Wildman–Crippen LogP) is 2.39. The Kier molecular flexibility index (Phi) is 7.46. The smallest absolute Gasteiger partial charge is 0.228 e. The van der Waals surface area contributed by atoms with Gasteiger partial charge in [0.2, 0.25) is 5.91 Å². The zero-order chi connectivity index (χ0) is 13.3. The number of carbonyl (C=O) groups excluding carboxylic acids is 1. The fourth-order valence-electron chi connectivity index (χ4n) is 2.01. The molecule has 1 aromatic heterocycles. The van der Waals surface area contributed by atoms with Gasteiger partial charge in [-0.25, -0.2) is 4.98 Å². The third kappa shape index (κ3) is 4.88. The molecule has 0 aromatic carbocycles. The minimum absolute atomic E-state index is 0. The van der Waals surface area contributed by atoms with Crippen molar-refractivity contribution in [3.63, 3.8) is 0 Å². The molecule has 1 amide bonds. The maximum Gasteiger partial charge on any atom is 0.228 e. The lowest BCUT2D eigenvalue weighted by Gasteiger charge is -2.15. The number of likely N-dealkylation sites (tertiary alicyclic amines) is 1. The van der Waals surface area contributed by atoms with Gasteiger partial charge in [-0.3, -0.25) is 4.79 Å². The molecule has 20 heavy (non-hydrogen) atoms. The van der Waals surface area contributed by atoms with Crippen molar-refractivity contribution in [2.75, 3.05) is 13.1 Å². The highest BCUT2D eigenvalue weighted by Gasteiger charge is 2.25. The SMILES string of the molecule is CC(C)(C)c1nc(CC(=O)N2CC[C@@H](N)C2)cs1.Cl.Cl. The first-order chi connectivity index (χ1) is 8.36. The molecular formula is C13H23Cl2N3OS. The van der Waals surface area contributed by atoms with E-state index in [-0.39, 0.29) is 42.2 Å². The van der Waals surface area contributed by atoms with Crippen molar-refractivity contribution in [3.8, 4) is 0 Å². The molecule has 116 valence electrons. The van der Waals surface area contributed by atoms with Crippen LogP contribution in [-0.2, 0) is 16.6 Å². The van der Waals surface area contributed by atoms with E-state index in [0.29, 0.717) is 13.0 Å². The topological polar surface area (TPSA) is 59.2 Å². The summed E-state index contributed by atoms with van der Waals surface area (Å²) in [6.45, 7) is 7.89. The number of amides is 1. The lowest BCUT2D eigenvalue weighted by atomic mass is 9.98. The highest BCUT2D eigenvalue weighted by Crippen LogP contribution is 2.25. The summed E-state index contributed by atoms with van der Waals surface area (Å²) in [7, 11) is 0. The van der Waals surface area contributed by atoms with Gasteiger partial charge in [0.15, 0.2) is 0 Å². The van der Waals surface area contributed by atoms with E-state index in [2.05, 4.69) is 25.8 Å². The second kappa shape index (κ2) is 7.59. The molecular weight excluding hydrogens is 317 g/mol. The molecule has 0 radical (unpaired) electrons. The van der Waals surface area contributed by atoms with Gasteiger partial charge in [-0.1, -0.05) is 20.8 Å². The number of nitrogens with two attached hydrogens (primary N) is 1. The number of halogens is 2. The van der Waals surface area contributed by atoms with Crippen LogP contribution in [0.1, 0.15) is 37.9 Å². The number of thiazole rings is 1. The van der Waals surface area contributed by atoms with Crippen LogP contribution in [0.3, 0.4) is 0 Å². The quantitative estimate of drug-likeness (QED) is 0.899. The van der Waals surface area contributed by atoms with E-state index in [9.17, 15) is 4.79 Å². The summed E-state index contributed by atoms with van der Waals surface area (Å²) in [5.74, 6) is 0.147. The summed E-state index contributed by atoms with van der Waals surface area (Å²) in [6, 6.07) is 0.148. The summed E-state index contributed by atoms with van der Waals surface area (Å²) in [6.07, 6.45) is 1.31. The zero-order valence-corrected chi connectivity index (χ0v) is 14.5. The number of aromatic nitrogens is 1. The summed E-state index contributed by atoms with van der Waals surface area (Å²) < 4.78 is 0. The Morgan fingerprint density at radius 3 is 2.60 bits per heavy atom. The molecule has 1 aliphatic heterocycles. The van der Waals surface area contributed by atoms with E-state index in [1.165, 1.54) is 0 Å². The van der Waals surface area contributed by atoms with Gasteiger partial charge in [0.05, 0.1) is 17.1 Å². The molecule has 2 N–H and O–H groups in total. The fourth-order valence-corrected chi connectivity index (χ4v) is 2.92. The number of hydrogen-bond donors (Lipinski definition) is 1. The van der Waals surface area contributed by atoms with Gasteiger partial charge in [-0.05, 0) is 6.42 Å². The summed E-state index contributed by atoms with van der Waals surface area (Å²) >= 11 is 1.64. The Hall–Kier alpha value is -0.360. The number of nitrogens with zero attached hydrogens (tertiary/aromatic N) is 2. The van der Waals surface area contributed by atoms with Gasteiger partial charge in [0, 0.05) is 29.9 Å². The molecule has 2 rings (SSSR count). The average Bonchev–Trinajstić information content (AvgIpc) is 2.85.